The Bertz CT molecular complexity index is 372. The second-order valence-electron chi connectivity index (χ2n) is 2.70. The smallest absolute Gasteiger partial charge is 0.243 e. The van der Waals surface area contributed by atoms with Crippen molar-refractivity contribution < 1.29 is 15.0 Å². The average molecular weight is 193 g/mol. The van der Waals surface area contributed by atoms with Crippen LogP contribution in [0.3, 0.4) is 0 Å². The Balaban J connectivity index is 2.83. The fourth-order valence-corrected chi connectivity index (χ4v) is 0.899. The monoisotopic (exact) mass is 193 g/mol. The molecule has 0 unspecified atom stereocenters. The molecule has 0 fully saturated rings. The molecule has 0 spiro atoms. The SMILES string of the molecule is CNC(=O)C=Cc1ccc(O)c(O)c1. The van der Waals surface area contributed by atoms with Gasteiger partial charge in [0.1, 0.15) is 0 Å². The summed E-state index contributed by atoms with van der Waals surface area (Å²) in [6.07, 6.45) is 2.88. The van der Waals surface area contributed by atoms with Crippen molar-refractivity contribution in [3.63, 3.8) is 0 Å². The fourth-order valence-electron chi connectivity index (χ4n) is 0.899. The highest BCUT2D eigenvalue weighted by Crippen LogP contribution is 2.25. The maximum absolute atomic E-state index is 10.8. The van der Waals surface area contributed by atoms with Crippen molar-refractivity contribution in [2.45, 2.75) is 0 Å². The Morgan fingerprint density at radius 3 is 2.64 bits per heavy atom. The van der Waals surface area contributed by atoms with E-state index in [1.807, 2.05) is 0 Å². The number of carbonyl (C=O) groups is 1. The lowest BCUT2D eigenvalue weighted by molar-refractivity contribution is -0.115. The van der Waals surface area contributed by atoms with Crippen LogP contribution < -0.4 is 5.32 Å². The van der Waals surface area contributed by atoms with E-state index in [1.165, 1.54) is 31.3 Å². The minimum atomic E-state index is -0.224. The van der Waals surface area contributed by atoms with Gasteiger partial charge < -0.3 is 15.5 Å². The van der Waals surface area contributed by atoms with E-state index in [-0.39, 0.29) is 17.4 Å². The van der Waals surface area contributed by atoms with Crippen LogP contribution in [0.25, 0.3) is 6.08 Å². The average Bonchev–Trinajstić information content (AvgIpc) is 2.19. The molecule has 14 heavy (non-hydrogen) atoms. The third-order valence-corrected chi connectivity index (χ3v) is 1.67. The molecule has 4 heteroatoms. The molecule has 1 amide bonds. The highest BCUT2D eigenvalue weighted by molar-refractivity contribution is 5.91. The summed E-state index contributed by atoms with van der Waals surface area (Å²) in [6, 6.07) is 4.32. The number of likely N-dealkylation sites (N-methyl/N-ethyl adjacent to an activating group) is 1. The number of hydrogen-bond acceptors (Lipinski definition) is 3. The summed E-state index contributed by atoms with van der Waals surface area (Å²) in [7, 11) is 1.53. The van der Waals surface area contributed by atoms with E-state index < -0.39 is 0 Å². The van der Waals surface area contributed by atoms with Crippen LogP contribution >= 0.6 is 0 Å². The van der Waals surface area contributed by atoms with Gasteiger partial charge in [0.15, 0.2) is 11.5 Å². The molecule has 0 aromatic heterocycles. The molecule has 74 valence electrons. The van der Waals surface area contributed by atoms with Gasteiger partial charge in [0, 0.05) is 13.1 Å². The molecule has 3 N–H and O–H groups in total. The number of amides is 1. The summed E-state index contributed by atoms with van der Waals surface area (Å²) < 4.78 is 0. The molecule has 0 aliphatic carbocycles. The predicted molar refractivity (Wildman–Crippen MR) is 52.9 cm³/mol. The zero-order chi connectivity index (χ0) is 10.6. The van der Waals surface area contributed by atoms with E-state index in [9.17, 15) is 4.79 Å². The zero-order valence-corrected chi connectivity index (χ0v) is 7.69. The summed E-state index contributed by atoms with van der Waals surface area (Å²) in [6.45, 7) is 0. The fraction of sp³-hybridized carbons (Fsp3) is 0.100. The van der Waals surface area contributed by atoms with Crippen molar-refractivity contribution in [3.8, 4) is 11.5 Å². The summed E-state index contributed by atoms with van der Waals surface area (Å²) in [5.74, 6) is -0.608. The first-order valence-electron chi connectivity index (χ1n) is 4.05. The molecule has 0 saturated heterocycles. The van der Waals surface area contributed by atoms with Crippen molar-refractivity contribution in [1.82, 2.24) is 5.32 Å². The van der Waals surface area contributed by atoms with E-state index in [1.54, 1.807) is 6.07 Å². The van der Waals surface area contributed by atoms with Gasteiger partial charge >= 0.3 is 0 Å². The molecule has 0 heterocycles. The zero-order valence-electron chi connectivity index (χ0n) is 7.69. The molecule has 0 aliphatic heterocycles. The molecule has 1 aromatic rings. The molecular formula is C10H11NO3. The van der Waals surface area contributed by atoms with Gasteiger partial charge in [-0.05, 0) is 23.8 Å². The number of hydrogen-bond donors (Lipinski definition) is 3. The van der Waals surface area contributed by atoms with Gasteiger partial charge in [-0.3, -0.25) is 4.79 Å². The van der Waals surface area contributed by atoms with Crippen molar-refractivity contribution in [1.29, 1.82) is 0 Å². The second kappa shape index (κ2) is 4.32. The molecule has 0 saturated carbocycles. The molecule has 0 radical (unpaired) electrons. The topological polar surface area (TPSA) is 69.6 Å². The maximum atomic E-state index is 10.8. The normalized spacial score (nSPS) is 10.4. The van der Waals surface area contributed by atoms with Gasteiger partial charge in [0.2, 0.25) is 5.91 Å². The van der Waals surface area contributed by atoms with E-state index in [0.29, 0.717) is 5.56 Å². The van der Waals surface area contributed by atoms with Gasteiger partial charge in [-0.2, -0.15) is 0 Å². The molecule has 0 atom stereocenters. The lowest BCUT2D eigenvalue weighted by Crippen LogP contribution is -2.13. The predicted octanol–water partition coefficient (Wildman–Crippen LogP) is 0.857. The van der Waals surface area contributed by atoms with Crippen molar-refractivity contribution >= 4 is 12.0 Å². The summed E-state index contributed by atoms with van der Waals surface area (Å²) in [5.41, 5.74) is 0.643. The van der Waals surface area contributed by atoms with Crippen molar-refractivity contribution in [3.05, 3.63) is 29.8 Å². The van der Waals surface area contributed by atoms with E-state index in [2.05, 4.69) is 5.32 Å². The number of carbonyl (C=O) groups excluding carboxylic acids is 1. The minimum absolute atomic E-state index is 0.179. The Morgan fingerprint density at radius 1 is 1.36 bits per heavy atom. The van der Waals surface area contributed by atoms with E-state index >= 15 is 0 Å². The minimum Gasteiger partial charge on any atom is -0.504 e. The third kappa shape index (κ3) is 2.52. The van der Waals surface area contributed by atoms with Crippen molar-refractivity contribution in [2.75, 3.05) is 7.05 Å². The summed E-state index contributed by atoms with van der Waals surface area (Å²) in [5, 5.41) is 20.6. The molecule has 0 bridgehead atoms. The van der Waals surface area contributed by atoms with Gasteiger partial charge in [0.05, 0.1) is 0 Å². The quantitative estimate of drug-likeness (QED) is 0.482. The molecular weight excluding hydrogens is 182 g/mol. The molecule has 0 aliphatic rings. The highest BCUT2D eigenvalue weighted by Gasteiger charge is 1.98. The summed E-state index contributed by atoms with van der Waals surface area (Å²) >= 11 is 0. The second-order valence-corrected chi connectivity index (χ2v) is 2.70. The first kappa shape index (κ1) is 10.1. The van der Waals surface area contributed by atoms with Crippen LogP contribution in [0.4, 0.5) is 0 Å². The van der Waals surface area contributed by atoms with Gasteiger partial charge in [-0.15, -0.1) is 0 Å². The molecule has 4 nitrogen and oxygen atoms in total. The Kier molecular flexibility index (Phi) is 3.12. The number of nitrogens with one attached hydrogen (secondary N) is 1. The highest BCUT2D eigenvalue weighted by atomic mass is 16.3. The van der Waals surface area contributed by atoms with Gasteiger partial charge in [0.25, 0.3) is 0 Å². The van der Waals surface area contributed by atoms with Gasteiger partial charge in [-0.1, -0.05) is 6.07 Å². The van der Waals surface area contributed by atoms with Gasteiger partial charge in [-0.25, -0.2) is 0 Å². The van der Waals surface area contributed by atoms with Crippen LogP contribution in [0.1, 0.15) is 5.56 Å². The van der Waals surface area contributed by atoms with Crippen LogP contribution in [-0.4, -0.2) is 23.2 Å². The van der Waals surface area contributed by atoms with Crippen molar-refractivity contribution in [2.24, 2.45) is 0 Å². The van der Waals surface area contributed by atoms with Crippen LogP contribution in [0, 0.1) is 0 Å². The first-order chi connectivity index (χ1) is 6.63. The largest absolute Gasteiger partial charge is 0.504 e. The number of phenols is 2. The number of rotatable bonds is 2. The van der Waals surface area contributed by atoms with Crippen LogP contribution in [0.2, 0.25) is 0 Å². The standard InChI is InChI=1S/C10H11NO3/c1-11-10(14)5-3-7-2-4-8(12)9(13)6-7/h2-6,12-13H,1H3,(H,11,14). The molecule has 1 aromatic carbocycles. The first-order valence-corrected chi connectivity index (χ1v) is 4.05. The number of aromatic hydroxyl groups is 2. The third-order valence-electron chi connectivity index (χ3n) is 1.67. The lowest BCUT2D eigenvalue weighted by atomic mass is 10.2. The molecule has 1 rings (SSSR count). The Morgan fingerprint density at radius 2 is 2.07 bits per heavy atom. The van der Waals surface area contributed by atoms with Crippen LogP contribution in [0.15, 0.2) is 24.3 Å². The van der Waals surface area contributed by atoms with E-state index in [4.69, 9.17) is 10.2 Å². The lowest BCUT2D eigenvalue weighted by Gasteiger charge is -1.98. The van der Waals surface area contributed by atoms with Crippen LogP contribution in [-0.2, 0) is 4.79 Å². The Hall–Kier alpha value is -1.97. The number of phenolic OH excluding ortho intramolecular Hbond substituents is 2. The Labute approximate surface area is 81.5 Å². The van der Waals surface area contributed by atoms with Crippen LogP contribution in [0.5, 0.6) is 11.5 Å². The maximum Gasteiger partial charge on any atom is 0.243 e. The summed E-state index contributed by atoms with van der Waals surface area (Å²) in [4.78, 5) is 10.8. The number of benzene rings is 1. The van der Waals surface area contributed by atoms with E-state index in [0.717, 1.165) is 0 Å².